The normalized spacial score (nSPS) is 20.3. The minimum atomic E-state index is -0.261. The monoisotopic (exact) mass is 440 g/mol. The maximum Gasteiger partial charge on any atom is 0.225 e. The third-order valence-corrected chi connectivity index (χ3v) is 6.53. The number of aromatic nitrogens is 2. The van der Waals surface area contributed by atoms with E-state index in [4.69, 9.17) is 0 Å². The summed E-state index contributed by atoms with van der Waals surface area (Å²) in [6.07, 6.45) is 5.36. The van der Waals surface area contributed by atoms with Crippen LogP contribution in [0.15, 0.2) is 36.7 Å². The zero-order chi connectivity index (χ0) is 22.3. The van der Waals surface area contributed by atoms with E-state index in [9.17, 15) is 9.18 Å². The number of amides is 1. The number of halogens is 1. The molecule has 172 valence electrons. The third kappa shape index (κ3) is 5.81. The summed E-state index contributed by atoms with van der Waals surface area (Å²) in [5.41, 5.74) is 1.73. The first kappa shape index (κ1) is 22.6. The van der Waals surface area contributed by atoms with Crippen molar-refractivity contribution >= 4 is 11.9 Å². The van der Waals surface area contributed by atoms with Crippen LogP contribution in [0.3, 0.4) is 0 Å². The van der Waals surface area contributed by atoms with Crippen LogP contribution < -0.4 is 10.2 Å². The van der Waals surface area contributed by atoms with Crippen molar-refractivity contribution in [2.75, 3.05) is 63.8 Å². The van der Waals surface area contributed by atoms with Gasteiger partial charge in [0, 0.05) is 70.3 Å². The molecule has 0 radical (unpaired) electrons. The molecule has 8 heteroatoms. The number of anilines is 1. The number of hydrogen-bond acceptors (Lipinski definition) is 6. The van der Waals surface area contributed by atoms with Gasteiger partial charge >= 0.3 is 0 Å². The number of likely N-dealkylation sites (N-methyl/N-ethyl adjacent to an activating group) is 1. The second-order valence-corrected chi connectivity index (χ2v) is 8.63. The largest absolute Gasteiger partial charge is 0.355 e. The molecule has 0 bridgehead atoms. The molecule has 1 atom stereocenters. The molecule has 1 unspecified atom stereocenters. The first-order valence-corrected chi connectivity index (χ1v) is 11.7. The fourth-order valence-electron chi connectivity index (χ4n) is 4.46. The lowest BCUT2D eigenvalue weighted by molar-refractivity contribution is -0.125. The molecule has 0 aliphatic carbocycles. The van der Waals surface area contributed by atoms with Crippen LogP contribution in [0.25, 0.3) is 11.1 Å². The molecule has 1 aromatic carbocycles. The fourth-order valence-corrected chi connectivity index (χ4v) is 4.46. The summed E-state index contributed by atoms with van der Waals surface area (Å²) in [7, 11) is 0. The summed E-state index contributed by atoms with van der Waals surface area (Å²) >= 11 is 0. The van der Waals surface area contributed by atoms with Crippen LogP contribution in [0, 0.1) is 11.7 Å². The van der Waals surface area contributed by atoms with Gasteiger partial charge in [0.25, 0.3) is 0 Å². The number of piperidine rings is 1. The van der Waals surface area contributed by atoms with E-state index in [1.54, 1.807) is 24.5 Å². The highest BCUT2D eigenvalue weighted by Gasteiger charge is 2.27. The molecule has 2 fully saturated rings. The van der Waals surface area contributed by atoms with Crippen molar-refractivity contribution in [1.82, 2.24) is 25.1 Å². The standard InChI is InChI=1S/C24H33FN6O/c1-2-29-12-14-30(15-13-29)11-9-26-23(32)20-4-3-10-31(18-20)24-27-16-21(17-28-24)19-5-7-22(25)8-6-19/h5-8,16-17,20H,2-4,9-15,18H2,1H3,(H,26,32). The molecule has 32 heavy (non-hydrogen) atoms. The van der Waals surface area contributed by atoms with E-state index < -0.39 is 0 Å². The van der Waals surface area contributed by atoms with E-state index in [1.807, 2.05) is 0 Å². The second kappa shape index (κ2) is 10.8. The Labute approximate surface area is 189 Å². The summed E-state index contributed by atoms with van der Waals surface area (Å²) in [5, 5.41) is 3.14. The van der Waals surface area contributed by atoms with Gasteiger partial charge in [0.15, 0.2) is 0 Å². The first-order chi connectivity index (χ1) is 15.6. The number of rotatable bonds is 7. The van der Waals surface area contributed by atoms with Crippen LogP contribution in [0.5, 0.6) is 0 Å². The van der Waals surface area contributed by atoms with Gasteiger partial charge in [-0.05, 0) is 37.1 Å². The van der Waals surface area contributed by atoms with Crippen molar-refractivity contribution in [2.24, 2.45) is 5.92 Å². The molecule has 4 rings (SSSR count). The summed E-state index contributed by atoms with van der Waals surface area (Å²) in [6.45, 7) is 10.8. The highest BCUT2D eigenvalue weighted by atomic mass is 19.1. The van der Waals surface area contributed by atoms with Crippen LogP contribution >= 0.6 is 0 Å². The smallest absolute Gasteiger partial charge is 0.225 e. The molecule has 1 amide bonds. The minimum absolute atomic E-state index is 0.0407. The van der Waals surface area contributed by atoms with E-state index >= 15 is 0 Å². The van der Waals surface area contributed by atoms with Crippen molar-refractivity contribution in [2.45, 2.75) is 19.8 Å². The molecule has 1 aromatic heterocycles. The van der Waals surface area contributed by atoms with E-state index in [0.29, 0.717) is 19.0 Å². The van der Waals surface area contributed by atoms with Gasteiger partial charge in [0.1, 0.15) is 5.82 Å². The number of nitrogens with zero attached hydrogens (tertiary/aromatic N) is 5. The van der Waals surface area contributed by atoms with Crippen LogP contribution in [0.1, 0.15) is 19.8 Å². The lowest BCUT2D eigenvalue weighted by Gasteiger charge is -2.34. The van der Waals surface area contributed by atoms with Crippen molar-refractivity contribution in [3.05, 3.63) is 42.5 Å². The Balaban J connectivity index is 1.25. The average Bonchev–Trinajstić information content (AvgIpc) is 2.85. The number of hydrogen-bond donors (Lipinski definition) is 1. The lowest BCUT2D eigenvalue weighted by Crippen LogP contribution is -2.49. The van der Waals surface area contributed by atoms with Gasteiger partial charge in [-0.15, -0.1) is 0 Å². The Bertz CT molecular complexity index is 867. The molecule has 2 aliphatic rings. The fraction of sp³-hybridized carbons (Fsp3) is 0.542. The zero-order valence-electron chi connectivity index (χ0n) is 18.8. The van der Waals surface area contributed by atoms with Crippen LogP contribution in [-0.4, -0.2) is 84.6 Å². The highest BCUT2D eigenvalue weighted by molar-refractivity contribution is 5.79. The number of carbonyl (C=O) groups is 1. The zero-order valence-corrected chi connectivity index (χ0v) is 18.8. The van der Waals surface area contributed by atoms with Crippen LogP contribution in [0.4, 0.5) is 10.3 Å². The molecule has 3 heterocycles. The van der Waals surface area contributed by atoms with Gasteiger partial charge in [-0.2, -0.15) is 0 Å². The molecule has 2 aromatic rings. The Hall–Kier alpha value is -2.58. The number of benzene rings is 1. The predicted octanol–water partition coefficient (Wildman–Crippen LogP) is 2.25. The third-order valence-electron chi connectivity index (χ3n) is 6.53. The molecule has 2 saturated heterocycles. The Morgan fingerprint density at radius 2 is 1.72 bits per heavy atom. The molecule has 2 aliphatic heterocycles. The molecule has 0 saturated carbocycles. The second-order valence-electron chi connectivity index (χ2n) is 8.63. The van der Waals surface area contributed by atoms with E-state index in [2.05, 4.69) is 36.9 Å². The molecule has 7 nitrogen and oxygen atoms in total. The minimum Gasteiger partial charge on any atom is -0.355 e. The topological polar surface area (TPSA) is 64.6 Å². The van der Waals surface area contributed by atoms with Crippen molar-refractivity contribution in [1.29, 1.82) is 0 Å². The summed E-state index contributed by atoms with van der Waals surface area (Å²) < 4.78 is 13.1. The Kier molecular flexibility index (Phi) is 7.65. The van der Waals surface area contributed by atoms with Crippen LogP contribution in [0.2, 0.25) is 0 Å². The molecular formula is C24H33FN6O. The molecular weight excluding hydrogens is 407 g/mol. The first-order valence-electron chi connectivity index (χ1n) is 11.7. The summed E-state index contributed by atoms with van der Waals surface area (Å²) in [4.78, 5) is 28.7. The maximum absolute atomic E-state index is 13.1. The SMILES string of the molecule is CCN1CCN(CCNC(=O)C2CCCN(c3ncc(-c4ccc(F)cc4)cn3)C2)CC1. The van der Waals surface area contributed by atoms with Crippen molar-refractivity contribution in [3.63, 3.8) is 0 Å². The molecule has 1 N–H and O–H groups in total. The number of piperazine rings is 1. The van der Waals surface area contributed by atoms with Gasteiger partial charge < -0.3 is 15.1 Å². The van der Waals surface area contributed by atoms with Crippen LogP contribution in [-0.2, 0) is 4.79 Å². The Morgan fingerprint density at radius 3 is 2.41 bits per heavy atom. The number of carbonyl (C=O) groups excluding carboxylic acids is 1. The van der Waals surface area contributed by atoms with Gasteiger partial charge in [-0.25, -0.2) is 14.4 Å². The Morgan fingerprint density at radius 1 is 1.03 bits per heavy atom. The summed E-state index contributed by atoms with van der Waals surface area (Å²) in [6, 6.07) is 6.31. The predicted molar refractivity (Wildman–Crippen MR) is 124 cm³/mol. The van der Waals surface area contributed by atoms with Gasteiger partial charge in [-0.1, -0.05) is 19.1 Å². The van der Waals surface area contributed by atoms with Crippen molar-refractivity contribution in [3.8, 4) is 11.1 Å². The van der Waals surface area contributed by atoms with Gasteiger partial charge in [-0.3, -0.25) is 9.69 Å². The maximum atomic E-state index is 13.1. The van der Waals surface area contributed by atoms with E-state index in [1.165, 1.54) is 12.1 Å². The quantitative estimate of drug-likeness (QED) is 0.713. The molecule has 0 spiro atoms. The van der Waals surface area contributed by atoms with E-state index in [-0.39, 0.29) is 17.6 Å². The van der Waals surface area contributed by atoms with Crippen molar-refractivity contribution < 1.29 is 9.18 Å². The lowest BCUT2D eigenvalue weighted by atomic mass is 9.97. The summed E-state index contributed by atoms with van der Waals surface area (Å²) in [5.74, 6) is 0.469. The van der Waals surface area contributed by atoms with E-state index in [0.717, 1.165) is 69.8 Å². The van der Waals surface area contributed by atoms with Gasteiger partial charge in [0.05, 0.1) is 5.92 Å². The average molecular weight is 441 g/mol. The number of nitrogens with one attached hydrogen (secondary N) is 1. The van der Waals surface area contributed by atoms with Gasteiger partial charge in [0.2, 0.25) is 11.9 Å². The highest BCUT2D eigenvalue weighted by Crippen LogP contribution is 2.23.